The van der Waals surface area contributed by atoms with Gasteiger partial charge < -0.3 is 9.32 Å². The second-order valence-corrected chi connectivity index (χ2v) is 19.5. The lowest BCUT2D eigenvalue weighted by Crippen LogP contribution is -2.28. The molecule has 14 rings (SSSR count). The average molecular weight is 894 g/mol. The zero-order valence-electron chi connectivity index (χ0n) is 39.0. The molecule has 1 aromatic heterocycles. The van der Waals surface area contributed by atoms with Crippen molar-refractivity contribution in [2.45, 2.75) is 24.7 Å². The van der Waals surface area contributed by atoms with E-state index in [0.29, 0.717) is 0 Å². The van der Waals surface area contributed by atoms with E-state index in [0.717, 1.165) is 66.5 Å². The number of fused-ring (bicyclic) bond motifs is 11. The number of benzene rings is 11. The quantitative estimate of drug-likeness (QED) is 0.158. The topological polar surface area (TPSA) is 16.4 Å². The summed E-state index contributed by atoms with van der Waals surface area (Å²) in [5, 5.41) is 4.46. The molecule has 0 N–H and O–H groups in total. The predicted molar refractivity (Wildman–Crippen MR) is 292 cm³/mol. The summed E-state index contributed by atoms with van der Waals surface area (Å²) in [6, 6.07) is 92.0. The Kier molecular flexibility index (Phi) is 8.88. The van der Waals surface area contributed by atoms with Gasteiger partial charge in [0.15, 0.2) is 0 Å². The Morgan fingerprint density at radius 3 is 1.66 bits per heavy atom. The highest BCUT2D eigenvalue weighted by molar-refractivity contribution is 6.21. The summed E-state index contributed by atoms with van der Waals surface area (Å²) in [5.74, 6) is 0. The molecule has 2 heteroatoms. The lowest BCUT2D eigenvalue weighted by Gasteiger charge is -2.35. The van der Waals surface area contributed by atoms with Gasteiger partial charge in [0.25, 0.3) is 0 Å². The van der Waals surface area contributed by atoms with E-state index in [1.807, 2.05) is 0 Å². The molecule has 0 aliphatic heterocycles. The van der Waals surface area contributed by atoms with Crippen LogP contribution in [0.15, 0.2) is 253 Å². The van der Waals surface area contributed by atoms with Crippen molar-refractivity contribution in [1.82, 2.24) is 0 Å². The first-order valence-corrected chi connectivity index (χ1v) is 24.4. The lowest BCUT2D eigenvalue weighted by molar-refractivity contribution is 0.660. The van der Waals surface area contributed by atoms with Crippen LogP contribution in [0.4, 0.5) is 17.1 Å². The summed E-state index contributed by atoms with van der Waals surface area (Å²) in [6.07, 6.45) is 0. The van der Waals surface area contributed by atoms with E-state index in [4.69, 9.17) is 4.42 Å². The Morgan fingerprint density at radius 2 is 0.929 bits per heavy atom. The molecule has 0 radical (unpaired) electrons. The molecule has 12 aromatic rings. The van der Waals surface area contributed by atoms with Crippen molar-refractivity contribution in [3.05, 3.63) is 282 Å². The van der Waals surface area contributed by atoms with Crippen LogP contribution in [-0.2, 0) is 10.8 Å². The van der Waals surface area contributed by atoms with Crippen molar-refractivity contribution < 1.29 is 4.42 Å². The maximum absolute atomic E-state index is 7.02. The number of anilines is 3. The Bertz CT molecular complexity index is 3990. The molecule has 0 unspecified atom stereocenters. The molecule has 0 bridgehead atoms. The fourth-order valence-electron chi connectivity index (χ4n) is 12.4. The van der Waals surface area contributed by atoms with E-state index in [1.165, 1.54) is 61.2 Å². The number of hydrogen-bond acceptors (Lipinski definition) is 2. The van der Waals surface area contributed by atoms with Crippen molar-refractivity contribution in [2.24, 2.45) is 0 Å². The third-order valence-corrected chi connectivity index (χ3v) is 15.5. The first-order chi connectivity index (χ1) is 34.5. The summed E-state index contributed by atoms with van der Waals surface area (Å²) >= 11 is 0. The van der Waals surface area contributed by atoms with Crippen LogP contribution in [0.3, 0.4) is 0 Å². The standard InChI is InChI=1S/C68H47NO/c1-67(2)58-31-16-14-29-53(58)55-37-34-50(42-60(55)67)69(51-35-38-56-54-30-15-17-32-59(54)68(61(56)43-51,48-24-8-4-9-25-48)49-26-10-5-11-27-49)62-39-40-63-65(57-36-33-45-21-12-13-28-52(45)66(57)70-63)64(62)47-23-18-22-46(41-47)44-19-6-3-7-20-44/h3-43H,1-2H3. The minimum atomic E-state index is -0.573. The fraction of sp³-hybridized carbons (Fsp3) is 0.0588. The molecular formula is C68H47NO. The molecular weight excluding hydrogens is 847 g/mol. The molecule has 0 amide bonds. The van der Waals surface area contributed by atoms with Gasteiger partial charge >= 0.3 is 0 Å². The van der Waals surface area contributed by atoms with Crippen LogP contribution in [0, 0.1) is 0 Å². The van der Waals surface area contributed by atoms with E-state index in [2.05, 4.69) is 267 Å². The van der Waals surface area contributed by atoms with Gasteiger partial charge in [-0.1, -0.05) is 214 Å². The van der Waals surface area contributed by atoms with Gasteiger partial charge in [-0.05, 0) is 126 Å². The molecule has 330 valence electrons. The lowest BCUT2D eigenvalue weighted by atomic mass is 9.67. The van der Waals surface area contributed by atoms with Crippen LogP contribution in [0.25, 0.3) is 77.2 Å². The largest absolute Gasteiger partial charge is 0.455 e. The molecule has 0 fully saturated rings. The molecule has 11 aromatic carbocycles. The molecule has 2 aliphatic rings. The van der Waals surface area contributed by atoms with E-state index >= 15 is 0 Å². The van der Waals surface area contributed by atoms with Crippen molar-refractivity contribution >= 4 is 49.8 Å². The molecule has 0 saturated carbocycles. The van der Waals surface area contributed by atoms with Gasteiger partial charge in [-0.25, -0.2) is 0 Å². The third kappa shape index (κ3) is 5.80. The van der Waals surface area contributed by atoms with Crippen LogP contribution in [0.2, 0.25) is 0 Å². The number of furan rings is 1. The van der Waals surface area contributed by atoms with Crippen molar-refractivity contribution in [2.75, 3.05) is 4.90 Å². The van der Waals surface area contributed by atoms with Gasteiger partial charge in [-0.15, -0.1) is 0 Å². The monoisotopic (exact) mass is 893 g/mol. The Hall–Kier alpha value is -8.72. The van der Waals surface area contributed by atoms with Crippen LogP contribution in [-0.4, -0.2) is 0 Å². The highest BCUT2D eigenvalue weighted by atomic mass is 16.3. The zero-order chi connectivity index (χ0) is 46.6. The number of rotatable bonds is 7. The van der Waals surface area contributed by atoms with E-state index < -0.39 is 5.41 Å². The molecule has 0 saturated heterocycles. The minimum absolute atomic E-state index is 0.207. The van der Waals surface area contributed by atoms with Crippen LogP contribution in [0.1, 0.15) is 47.2 Å². The second-order valence-electron chi connectivity index (χ2n) is 19.5. The average Bonchev–Trinajstić information content (AvgIpc) is 4.03. The Morgan fingerprint density at radius 1 is 0.371 bits per heavy atom. The third-order valence-electron chi connectivity index (χ3n) is 15.5. The Labute approximate surface area is 408 Å². The smallest absolute Gasteiger partial charge is 0.143 e. The van der Waals surface area contributed by atoms with Crippen LogP contribution in [0.5, 0.6) is 0 Å². The summed E-state index contributed by atoms with van der Waals surface area (Å²) in [5.41, 5.74) is 21.6. The highest BCUT2D eigenvalue weighted by Crippen LogP contribution is 2.59. The summed E-state index contributed by atoms with van der Waals surface area (Å²) in [7, 11) is 0. The maximum Gasteiger partial charge on any atom is 0.143 e. The summed E-state index contributed by atoms with van der Waals surface area (Å²) in [6.45, 7) is 4.75. The van der Waals surface area contributed by atoms with E-state index in [1.54, 1.807) is 0 Å². The van der Waals surface area contributed by atoms with Gasteiger partial charge in [-0.3, -0.25) is 0 Å². The number of hydrogen-bond donors (Lipinski definition) is 0. The predicted octanol–water partition coefficient (Wildman–Crippen LogP) is 18.2. The summed E-state index contributed by atoms with van der Waals surface area (Å²) < 4.78 is 7.02. The number of nitrogens with zero attached hydrogens (tertiary/aromatic N) is 1. The molecule has 1 heterocycles. The normalized spacial score (nSPS) is 13.8. The molecule has 0 atom stereocenters. The van der Waals surface area contributed by atoms with Crippen molar-refractivity contribution in [1.29, 1.82) is 0 Å². The van der Waals surface area contributed by atoms with Crippen LogP contribution >= 0.6 is 0 Å². The van der Waals surface area contributed by atoms with Gasteiger partial charge in [0.1, 0.15) is 11.2 Å². The fourth-order valence-corrected chi connectivity index (χ4v) is 12.4. The maximum atomic E-state index is 7.02. The van der Waals surface area contributed by atoms with E-state index in [-0.39, 0.29) is 5.41 Å². The van der Waals surface area contributed by atoms with Gasteiger partial charge in [-0.2, -0.15) is 0 Å². The molecule has 0 spiro atoms. The van der Waals surface area contributed by atoms with E-state index in [9.17, 15) is 0 Å². The Balaban J connectivity index is 1.10. The summed E-state index contributed by atoms with van der Waals surface area (Å²) in [4.78, 5) is 2.53. The minimum Gasteiger partial charge on any atom is -0.455 e. The van der Waals surface area contributed by atoms with Gasteiger partial charge in [0, 0.05) is 38.5 Å². The van der Waals surface area contributed by atoms with Crippen molar-refractivity contribution in [3.63, 3.8) is 0 Å². The molecule has 70 heavy (non-hydrogen) atoms. The first-order valence-electron chi connectivity index (χ1n) is 24.4. The van der Waals surface area contributed by atoms with Gasteiger partial charge in [0.2, 0.25) is 0 Å². The van der Waals surface area contributed by atoms with Gasteiger partial charge in [0.05, 0.1) is 11.1 Å². The van der Waals surface area contributed by atoms with Crippen molar-refractivity contribution in [3.8, 4) is 44.5 Å². The zero-order valence-corrected chi connectivity index (χ0v) is 39.0. The molecule has 2 nitrogen and oxygen atoms in total. The SMILES string of the molecule is CC1(C)c2ccccc2-c2ccc(N(c3ccc4c(c3)C(c3ccccc3)(c3ccccc3)c3ccccc3-4)c3ccc4oc5c6ccccc6ccc5c4c3-c3cccc(-c4ccccc4)c3)cc21. The first kappa shape index (κ1) is 40.4. The second kappa shape index (κ2) is 15.4. The highest BCUT2D eigenvalue weighted by Gasteiger charge is 2.46. The van der Waals surface area contributed by atoms with Crippen LogP contribution < -0.4 is 4.90 Å². The molecule has 2 aliphatic carbocycles.